The van der Waals surface area contributed by atoms with Gasteiger partial charge in [-0.2, -0.15) is 0 Å². The molecule has 0 radical (unpaired) electrons. The van der Waals surface area contributed by atoms with E-state index in [-0.39, 0.29) is 0 Å². The highest BCUT2D eigenvalue weighted by Gasteiger charge is 2.37. The largest absolute Gasteiger partial charge is 0.492 e. The van der Waals surface area contributed by atoms with E-state index in [0.29, 0.717) is 34.9 Å². The van der Waals surface area contributed by atoms with Gasteiger partial charge in [0.2, 0.25) is 0 Å². The Balaban J connectivity index is 1.90. The molecule has 0 amide bonds. The number of rotatable bonds is 7. The van der Waals surface area contributed by atoms with Crippen LogP contribution in [0.4, 0.5) is 0 Å². The Morgan fingerprint density at radius 3 is 2.20 bits per heavy atom. The second kappa shape index (κ2) is 9.80. The standard InChI is InChI=1S/C23H30N2O5/c1-15-19(22(26)28-3)21(20(16(2)24-15)23(27)29-4)17-8-7-9-18(14-17)30-13-12-25-10-5-6-11-25/h7-9,14,21,24H,5-6,10-13H2,1-4H3. The quantitative estimate of drug-likeness (QED) is 0.688. The number of dihydropyridines is 1. The summed E-state index contributed by atoms with van der Waals surface area (Å²) >= 11 is 0. The highest BCUT2D eigenvalue weighted by Crippen LogP contribution is 2.40. The first kappa shape index (κ1) is 21.9. The van der Waals surface area contributed by atoms with E-state index >= 15 is 0 Å². The summed E-state index contributed by atoms with van der Waals surface area (Å²) in [5.41, 5.74) is 2.85. The highest BCUT2D eigenvalue weighted by atomic mass is 16.5. The molecule has 2 heterocycles. The second-order valence-electron chi connectivity index (χ2n) is 7.59. The summed E-state index contributed by atoms with van der Waals surface area (Å²) in [6, 6.07) is 7.52. The van der Waals surface area contributed by atoms with Crippen molar-refractivity contribution >= 4 is 11.9 Å². The predicted octanol–water partition coefficient (Wildman–Crippen LogP) is 2.74. The number of carbonyl (C=O) groups is 2. The van der Waals surface area contributed by atoms with E-state index in [1.165, 1.54) is 27.1 Å². The summed E-state index contributed by atoms with van der Waals surface area (Å²) in [4.78, 5) is 27.6. The molecule has 1 fully saturated rings. The normalized spacial score (nSPS) is 17.7. The molecule has 1 aromatic rings. The van der Waals surface area contributed by atoms with E-state index in [1.807, 2.05) is 24.3 Å². The minimum atomic E-state index is -0.603. The minimum Gasteiger partial charge on any atom is -0.492 e. The van der Waals surface area contributed by atoms with Crippen LogP contribution < -0.4 is 10.1 Å². The van der Waals surface area contributed by atoms with Crippen molar-refractivity contribution in [2.24, 2.45) is 0 Å². The van der Waals surface area contributed by atoms with Crippen LogP contribution in [0.1, 0.15) is 38.2 Å². The van der Waals surface area contributed by atoms with Crippen LogP contribution in [0.5, 0.6) is 5.75 Å². The molecule has 0 aliphatic carbocycles. The first-order valence-corrected chi connectivity index (χ1v) is 10.3. The molecule has 1 saturated heterocycles. The summed E-state index contributed by atoms with van der Waals surface area (Å²) in [6.45, 7) is 7.32. The lowest BCUT2D eigenvalue weighted by Crippen LogP contribution is -2.32. The third-order valence-corrected chi connectivity index (χ3v) is 5.64. The van der Waals surface area contributed by atoms with Gasteiger partial charge in [-0.1, -0.05) is 12.1 Å². The number of methoxy groups -OCH3 is 2. The zero-order valence-electron chi connectivity index (χ0n) is 18.1. The monoisotopic (exact) mass is 414 g/mol. The molecule has 0 saturated carbocycles. The number of nitrogens with zero attached hydrogens (tertiary/aromatic N) is 1. The molecule has 2 aliphatic rings. The molecule has 0 aromatic heterocycles. The molecular formula is C23H30N2O5. The number of hydrogen-bond donors (Lipinski definition) is 1. The second-order valence-corrected chi connectivity index (χ2v) is 7.59. The molecule has 7 heteroatoms. The zero-order chi connectivity index (χ0) is 21.7. The van der Waals surface area contributed by atoms with E-state index in [0.717, 1.165) is 25.2 Å². The summed E-state index contributed by atoms with van der Waals surface area (Å²) in [5.74, 6) is -0.874. The molecule has 0 atom stereocenters. The van der Waals surface area contributed by atoms with Crippen molar-refractivity contribution in [2.45, 2.75) is 32.6 Å². The van der Waals surface area contributed by atoms with Crippen LogP contribution in [0.15, 0.2) is 46.8 Å². The molecule has 1 aromatic carbocycles. The van der Waals surface area contributed by atoms with Crippen molar-refractivity contribution in [1.29, 1.82) is 0 Å². The summed E-state index contributed by atoms with van der Waals surface area (Å²) in [7, 11) is 2.67. The van der Waals surface area contributed by atoms with Gasteiger partial charge in [-0.25, -0.2) is 9.59 Å². The van der Waals surface area contributed by atoms with Crippen molar-refractivity contribution in [3.63, 3.8) is 0 Å². The predicted molar refractivity (Wildman–Crippen MR) is 113 cm³/mol. The van der Waals surface area contributed by atoms with Crippen molar-refractivity contribution in [2.75, 3.05) is 40.5 Å². The van der Waals surface area contributed by atoms with E-state index in [4.69, 9.17) is 14.2 Å². The van der Waals surface area contributed by atoms with Gasteiger partial charge in [-0.15, -0.1) is 0 Å². The molecule has 3 rings (SSSR count). The number of allylic oxidation sites excluding steroid dienone is 2. The lowest BCUT2D eigenvalue weighted by Gasteiger charge is -2.30. The number of ether oxygens (including phenoxy) is 3. The molecule has 2 aliphatic heterocycles. The fraction of sp³-hybridized carbons (Fsp3) is 0.478. The average molecular weight is 415 g/mol. The van der Waals surface area contributed by atoms with Crippen LogP contribution in [0.2, 0.25) is 0 Å². The maximum Gasteiger partial charge on any atom is 0.336 e. The van der Waals surface area contributed by atoms with E-state index in [9.17, 15) is 9.59 Å². The fourth-order valence-electron chi connectivity index (χ4n) is 4.17. The number of likely N-dealkylation sites (tertiary alicyclic amines) is 1. The Kier molecular flexibility index (Phi) is 7.15. The van der Waals surface area contributed by atoms with Gasteiger partial charge in [-0.3, -0.25) is 4.90 Å². The number of carbonyl (C=O) groups excluding carboxylic acids is 2. The molecule has 0 bridgehead atoms. The lowest BCUT2D eigenvalue weighted by molar-refractivity contribution is -0.137. The molecule has 162 valence electrons. The molecule has 1 N–H and O–H groups in total. The van der Waals surface area contributed by atoms with Gasteiger partial charge in [0.25, 0.3) is 0 Å². The Labute approximate surface area is 177 Å². The van der Waals surface area contributed by atoms with Crippen LogP contribution in [0.25, 0.3) is 0 Å². The van der Waals surface area contributed by atoms with Gasteiger partial charge in [0.15, 0.2) is 0 Å². The highest BCUT2D eigenvalue weighted by molar-refractivity contribution is 5.99. The minimum absolute atomic E-state index is 0.387. The van der Waals surface area contributed by atoms with Crippen LogP contribution >= 0.6 is 0 Å². The number of nitrogens with one attached hydrogen (secondary N) is 1. The van der Waals surface area contributed by atoms with E-state index in [2.05, 4.69) is 10.2 Å². The first-order chi connectivity index (χ1) is 14.5. The first-order valence-electron chi connectivity index (χ1n) is 10.3. The Hall–Kier alpha value is -2.80. The topological polar surface area (TPSA) is 77.1 Å². The van der Waals surface area contributed by atoms with E-state index in [1.54, 1.807) is 13.8 Å². The van der Waals surface area contributed by atoms with Gasteiger partial charge in [-0.05, 0) is 57.5 Å². The zero-order valence-corrected chi connectivity index (χ0v) is 18.1. The Bertz CT molecular complexity index is 830. The fourth-order valence-corrected chi connectivity index (χ4v) is 4.17. The van der Waals surface area contributed by atoms with Crippen molar-refractivity contribution < 1.29 is 23.8 Å². The summed E-state index contributed by atoms with van der Waals surface area (Å²) in [5, 5.41) is 3.11. The maximum atomic E-state index is 12.6. The Morgan fingerprint density at radius 2 is 1.63 bits per heavy atom. The van der Waals surface area contributed by atoms with Gasteiger partial charge in [0.1, 0.15) is 12.4 Å². The summed E-state index contributed by atoms with van der Waals surface area (Å²) in [6.07, 6.45) is 2.49. The van der Waals surface area contributed by atoms with Gasteiger partial charge in [0, 0.05) is 17.9 Å². The number of esters is 2. The van der Waals surface area contributed by atoms with Gasteiger partial charge < -0.3 is 19.5 Å². The SMILES string of the molecule is COC(=O)C1=C(C)NC(C)=C(C(=O)OC)C1c1cccc(OCCN2CCCC2)c1. The summed E-state index contributed by atoms with van der Waals surface area (Å²) < 4.78 is 16.0. The number of hydrogen-bond acceptors (Lipinski definition) is 7. The van der Waals surface area contributed by atoms with Crippen LogP contribution in [-0.4, -0.2) is 57.3 Å². The smallest absolute Gasteiger partial charge is 0.336 e. The maximum absolute atomic E-state index is 12.6. The molecule has 7 nitrogen and oxygen atoms in total. The third kappa shape index (κ3) is 4.67. The van der Waals surface area contributed by atoms with E-state index < -0.39 is 17.9 Å². The average Bonchev–Trinajstić information content (AvgIpc) is 3.26. The van der Waals surface area contributed by atoms with Crippen LogP contribution in [0.3, 0.4) is 0 Å². The molecular weight excluding hydrogens is 384 g/mol. The van der Waals surface area contributed by atoms with Crippen LogP contribution in [0, 0.1) is 0 Å². The van der Waals surface area contributed by atoms with Crippen molar-refractivity contribution in [3.8, 4) is 5.75 Å². The third-order valence-electron chi connectivity index (χ3n) is 5.64. The van der Waals surface area contributed by atoms with Crippen molar-refractivity contribution in [3.05, 3.63) is 52.4 Å². The van der Waals surface area contributed by atoms with Crippen LogP contribution in [-0.2, 0) is 19.1 Å². The number of benzene rings is 1. The van der Waals surface area contributed by atoms with Gasteiger partial charge in [0.05, 0.1) is 31.3 Å². The van der Waals surface area contributed by atoms with Crippen molar-refractivity contribution in [1.82, 2.24) is 10.2 Å². The molecule has 30 heavy (non-hydrogen) atoms. The Morgan fingerprint density at radius 1 is 1.03 bits per heavy atom. The molecule has 0 spiro atoms. The molecule has 0 unspecified atom stereocenters. The lowest BCUT2D eigenvalue weighted by atomic mass is 9.80. The van der Waals surface area contributed by atoms with Gasteiger partial charge >= 0.3 is 11.9 Å².